The smallest absolute Gasteiger partial charge is 0.338 e. The van der Waals surface area contributed by atoms with Crippen molar-refractivity contribution < 1.29 is 61.9 Å². The van der Waals surface area contributed by atoms with Crippen LogP contribution in [0.1, 0.15) is 75.6 Å². The maximum Gasteiger partial charge on any atom is 0.338 e. The highest BCUT2D eigenvalue weighted by Gasteiger charge is 2.85. The molecule has 0 amide bonds. The molecule has 268 valence electrons. The molecule has 50 heavy (non-hydrogen) atoms. The lowest BCUT2D eigenvalue weighted by Crippen LogP contribution is -2.81. The van der Waals surface area contributed by atoms with Gasteiger partial charge in [0.1, 0.15) is 35.9 Å². The molecule has 13 heteroatoms. The first kappa shape index (κ1) is 36.5. The fourth-order valence-corrected chi connectivity index (χ4v) is 8.43. The molecule has 1 aliphatic heterocycles. The van der Waals surface area contributed by atoms with Gasteiger partial charge in [0.2, 0.25) is 0 Å². The number of fused-ring (bicyclic) bond motifs is 1. The van der Waals surface area contributed by atoms with Crippen LogP contribution in [-0.4, -0.2) is 84.1 Å². The average Bonchev–Trinajstić information content (AvgIpc) is 3.24. The quantitative estimate of drug-likeness (QED) is 0.273. The Kier molecular flexibility index (Phi) is 10.1. The maximum atomic E-state index is 14.1. The lowest BCUT2D eigenvalue weighted by atomic mass is 9.47. The zero-order valence-corrected chi connectivity index (χ0v) is 29.0. The summed E-state index contributed by atoms with van der Waals surface area (Å²) in [5.41, 5.74) is -4.73. The summed E-state index contributed by atoms with van der Waals surface area (Å²) < 4.78 is 43.4. The monoisotopic (exact) mass is 694 g/mol. The van der Waals surface area contributed by atoms with E-state index in [2.05, 4.69) is 0 Å². The molecule has 9 atom stereocenters. The third kappa shape index (κ3) is 6.34. The first-order chi connectivity index (χ1) is 23.5. The molecule has 2 aromatic rings. The summed E-state index contributed by atoms with van der Waals surface area (Å²) in [6, 6.07) is 16.1. The van der Waals surface area contributed by atoms with Gasteiger partial charge in [-0.2, -0.15) is 0 Å². The van der Waals surface area contributed by atoms with Crippen LogP contribution in [0, 0.1) is 17.3 Å². The van der Waals surface area contributed by atoms with Crippen LogP contribution in [-0.2, 0) is 52.3 Å². The van der Waals surface area contributed by atoms with Gasteiger partial charge in [-0.3, -0.25) is 19.2 Å². The van der Waals surface area contributed by atoms with Gasteiger partial charge in [-0.25, -0.2) is 9.59 Å². The van der Waals surface area contributed by atoms with Crippen molar-refractivity contribution in [3.8, 4) is 0 Å². The van der Waals surface area contributed by atoms with Crippen LogP contribution in [0.4, 0.5) is 0 Å². The minimum Gasteiger partial charge on any atom is -0.461 e. The largest absolute Gasteiger partial charge is 0.461 e. The number of ether oxygens (including phenoxy) is 7. The van der Waals surface area contributed by atoms with Crippen LogP contribution in [0.2, 0.25) is 0 Å². The standard InChI is InChI=1S/C37H42O13/c1-20-18-27(45-21(2)38)30(47-23(4)40)36(19-44-33(42)25-14-10-8-11-15-25)32(49-34(43)26-16-12-9-13-17-26)29(46-22(3)39)28-31(48-24(5)41)37(20,36)50-35(28,6)7/h8-17,20,27-32H,18-19H2,1-7H3/t20-,27+,28-,29+,30-,31+,32+,36+,37+/m0/s1. The summed E-state index contributed by atoms with van der Waals surface area (Å²) in [6.45, 7) is 9.21. The van der Waals surface area contributed by atoms with Gasteiger partial charge in [0.15, 0.2) is 12.2 Å². The van der Waals surface area contributed by atoms with Crippen molar-refractivity contribution in [2.75, 3.05) is 6.61 Å². The highest BCUT2D eigenvalue weighted by Crippen LogP contribution is 2.68. The highest BCUT2D eigenvalue weighted by atomic mass is 16.6. The molecule has 1 spiro atoms. The van der Waals surface area contributed by atoms with E-state index >= 15 is 0 Å². The van der Waals surface area contributed by atoms with Crippen molar-refractivity contribution in [2.45, 2.75) is 96.6 Å². The number of carbonyl (C=O) groups is 6. The van der Waals surface area contributed by atoms with E-state index in [-0.39, 0.29) is 17.5 Å². The Morgan fingerprint density at radius 1 is 0.660 bits per heavy atom. The summed E-state index contributed by atoms with van der Waals surface area (Å²) in [5, 5.41) is 0. The molecule has 1 heterocycles. The van der Waals surface area contributed by atoms with Gasteiger partial charge >= 0.3 is 35.8 Å². The molecule has 1 saturated heterocycles. The third-order valence-electron chi connectivity index (χ3n) is 9.93. The normalized spacial score (nSPS) is 32.0. The first-order valence-electron chi connectivity index (χ1n) is 16.4. The van der Waals surface area contributed by atoms with Gasteiger partial charge in [-0.1, -0.05) is 43.3 Å². The molecule has 5 rings (SSSR count). The fourth-order valence-electron chi connectivity index (χ4n) is 8.43. The number of hydrogen-bond donors (Lipinski definition) is 0. The van der Waals surface area contributed by atoms with E-state index < -0.39 is 101 Å². The molecule has 2 saturated carbocycles. The van der Waals surface area contributed by atoms with Crippen LogP contribution in [0.25, 0.3) is 0 Å². The van der Waals surface area contributed by atoms with Crippen LogP contribution in [0.15, 0.2) is 60.7 Å². The number of rotatable bonds is 9. The van der Waals surface area contributed by atoms with Crippen molar-refractivity contribution in [2.24, 2.45) is 17.3 Å². The van der Waals surface area contributed by atoms with Crippen molar-refractivity contribution >= 4 is 35.8 Å². The minimum atomic E-state index is -2.03. The molecule has 2 bridgehead atoms. The van der Waals surface area contributed by atoms with E-state index in [4.69, 9.17) is 33.2 Å². The van der Waals surface area contributed by atoms with Crippen LogP contribution in [0.5, 0.6) is 0 Å². The van der Waals surface area contributed by atoms with E-state index in [0.717, 1.165) is 6.92 Å². The maximum absolute atomic E-state index is 14.1. The predicted octanol–water partition coefficient (Wildman–Crippen LogP) is 4.00. The second-order valence-electron chi connectivity index (χ2n) is 13.6. The number of carbonyl (C=O) groups excluding carboxylic acids is 6. The van der Waals surface area contributed by atoms with E-state index in [9.17, 15) is 28.8 Å². The predicted molar refractivity (Wildman–Crippen MR) is 172 cm³/mol. The van der Waals surface area contributed by atoms with Crippen molar-refractivity contribution in [1.29, 1.82) is 0 Å². The van der Waals surface area contributed by atoms with Crippen molar-refractivity contribution in [3.63, 3.8) is 0 Å². The van der Waals surface area contributed by atoms with Gasteiger partial charge < -0.3 is 33.2 Å². The first-order valence-corrected chi connectivity index (χ1v) is 16.4. The Balaban J connectivity index is 1.86. The Labute approximate surface area is 289 Å². The average molecular weight is 695 g/mol. The molecule has 2 aliphatic carbocycles. The second-order valence-corrected chi connectivity index (χ2v) is 13.6. The molecular formula is C37H42O13. The lowest BCUT2D eigenvalue weighted by Gasteiger charge is -2.64. The number of benzene rings is 2. The van der Waals surface area contributed by atoms with Crippen molar-refractivity contribution in [3.05, 3.63) is 71.8 Å². The molecule has 0 aromatic heterocycles. The van der Waals surface area contributed by atoms with E-state index in [1.165, 1.54) is 45.0 Å². The molecule has 0 N–H and O–H groups in total. The number of esters is 6. The van der Waals surface area contributed by atoms with E-state index in [1.807, 2.05) is 0 Å². The summed E-state index contributed by atoms with van der Waals surface area (Å²) in [4.78, 5) is 79.2. The van der Waals surface area contributed by atoms with Gasteiger partial charge in [-0.05, 0) is 50.5 Å². The topological polar surface area (TPSA) is 167 Å². The van der Waals surface area contributed by atoms with E-state index in [0.29, 0.717) is 0 Å². The molecule has 3 fully saturated rings. The van der Waals surface area contributed by atoms with E-state index in [1.54, 1.807) is 57.2 Å². The molecule has 2 aromatic carbocycles. The lowest BCUT2D eigenvalue weighted by molar-refractivity contribution is -0.328. The number of hydrogen-bond acceptors (Lipinski definition) is 13. The van der Waals surface area contributed by atoms with Crippen molar-refractivity contribution in [1.82, 2.24) is 0 Å². The third-order valence-corrected chi connectivity index (χ3v) is 9.93. The summed E-state index contributed by atoms with van der Waals surface area (Å²) in [7, 11) is 0. The zero-order chi connectivity index (χ0) is 36.6. The SMILES string of the molecule is CC(=O)O[C@@H]1[C@H]2[C@@H](OC(C)=O)[C@]3(OC2(C)C)[C@@H](C)C[C@@H](OC(C)=O)[C@H](OC(C)=O)[C@]3(COC(=O)c2ccccc2)[C@@H]1OC(=O)c1ccccc1. The second kappa shape index (κ2) is 13.9. The highest BCUT2D eigenvalue weighted by molar-refractivity contribution is 5.90. The molecule has 0 radical (unpaired) electrons. The van der Waals surface area contributed by atoms with Crippen LogP contribution in [0.3, 0.4) is 0 Å². The fraction of sp³-hybridized carbons (Fsp3) is 0.514. The summed E-state index contributed by atoms with van der Waals surface area (Å²) >= 11 is 0. The summed E-state index contributed by atoms with van der Waals surface area (Å²) in [5.74, 6) is -6.29. The summed E-state index contributed by atoms with van der Waals surface area (Å²) in [6.07, 6.45) is -6.97. The Bertz CT molecular complexity index is 1640. The van der Waals surface area contributed by atoms with Gasteiger partial charge in [0.25, 0.3) is 0 Å². The molecule has 13 nitrogen and oxygen atoms in total. The Hall–Kier alpha value is -4.78. The molecule has 0 unspecified atom stereocenters. The van der Waals surface area contributed by atoms with Crippen LogP contribution < -0.4 is 0 Å². The van der Waals surface area contributed by atoms with Gasteiger partial charge in [0, 0.05) is 27.7 Å². The van der Waals surface area contributed by atoms with Gasteiger partial charge in [-0.15, -0.1) is 0 Å². The minimum absolute atomic E-state index is 0.0318. The van der Waals surface area contributed by atoms with Gasteiger partial charge in [0.05, 0.1) is 22.6 Å². The Morgan fingerprint density at radius 2 is 1.16 bits per heavy atom. The Morgan fingerprint density at radius 3 is 1.68 bits per heavy atom. The molecule has 3 aliphatic rings. The molecular weight excluding hydrogens is 652 g/mol. The van der Waals surface area contributed by atoms with Crippen LogP contribution >= 0.6 is 0 Å². The zero-order valence-electron chi connectivity index (χ0n) is 29.0.